The highest BCUT2D eigenvalue weighted by Gasteiger charge is 2.39. The largest absolute Gasteiger partial charge is 0.347 e. The van der Waals surface area contributed by atoms with Crippen LogP contribution in [-0.2, 0) is 0 Å². The first-order valence-electron chi connectivity index (χ1n) is 6.37. The summed E-state index contributed by atoms with van der Waals surface area (Å²) in [5.41, 5.74) is 2.91. The van der Waals surface area contributed by atoms with Gasteiger partial charge in [-0.05, 0) is 18.9 Å². The first-order chi connectivity index (χ1) is 9.24. The van der Waals surface area contributed by atoms with E-state index in [4.69, 9.17) is 0 Å². The molecule has 1 aliphatic rings. The molecule has 19 heavy (non-hydrogen) atoms. The molecule has 1 aromatic heterocycles. The van der Waals surface area contributed by atoms with Crippen LogP contribution in [0.3, 0.4) is 0 Å². The zero-order valence-electron chi connectivity index (χ0n) is 10.7. The van der Waals surface area contributed by atoms with E-state index in [2.05, 4.69) is 46.5 Å². The second-order valence-electron chi connectivity index (χ2n) is 4.92. The van der Waals surface area contributed by atoms with Gasteiger partial charge in [0.2, 0.25) is 0 Å². The van der Waals surface area contributed by atoms with Crippen LogP contribution in [0.25, 0.3) is 0 Å². The second-order valence-corrected chi connectivity index (χ2v) is 4.92. The summed E-state index contributed by atoms with van der Waals surface area (Å²) in [6, 6.07) is 8.70. The van der Waals surface area contributed by atoms with E-state index >= 15 is 0 Å². The molecule has 4 heteroatoms. The molecule has 1 aromatic carbocycles. The Balaban J connectivity index is 1.62. The summed E-state index contributed by atoms with van der Waals surface area (Å²) in [7, 11) is 0. The third-order valence-corrected chi connectivity index (χ3v) is 3.41. The Morgan fingerprint density at radius 2 is 2.05 bits per heavy atom. The maximum absolute atomic E-state index is 11.9. The Morgan fingerprint density at radius 3 is 2.74 bits per heavy atom. The fraction of sp³-hybridized carbons (Fsp3) is 0.267. The molecule has 2 aromatic rings. The zero-order chi connectivity index (χ0) is 13.2. The van der Waals surface area contributed by atoms with Gasteiger partial charge in [-0.1, -0.05) is 29.8 Å². The van der Waals surface area contributed by atoms with Gasteiger partial charge in [0.1, 0.15) is 5.69 Å². The summed E-state index contributed by atoms with van der Waals surface area (Å²) in [6.07, 6.45) is 5.57. The van der Waals surface area contributed by atoms with Crippen LogP contribution in [0, 0.1) is 6.92 Å². The number of aromatic nitrogens is 2. The van der Waals surface area contributed by atoms with Crippen molar-refractivity contribution in [3.8, 4) is 0 Å². The number of hydrogen-bond acceptors (Lipinski definition) is 3. The lowest BCUT2D eigenvalue weighted by atomic mass is 10.1. The molecule has 0 bridgehead atoms. The fourth-order valence-electron chi connectivity index (χ4n) is 2.20. The first-order valence-corrected chi connectivity index (χ1v) is 6.37. The van der Waals surface area contributed by atoms with Crippen LogP contribution >= 0.6 is 0 Å². The van der Waals surface area contributed by atoms with Gasteiger partial charge in [0, 0.05) is 24.4 Å². The SMILES string of the molecule is Cc1ccc([C@@H]2C[C@H]2NC(=O)c2cnccn2)cc1. The minimum absolute atomic E-state index is 0.146. The van der Waals surface area contributed by atoms with Gasteiger partial charge in [-0.25, -0.2) is 4.98 Å². The Labute approximate surface area is 111 Å². The molecule has 0 aliphatic heterocycles. The molecule has 1 saturated carbocycles. The number of nitrogens with zero attached hydrogens (tertiary/aromatic N) is 2. The van der Waals surface area contributed by atoms with Crippen LogP contribution in [0.4, 0.5) is 0 Å². The number of hydrogen-bond donors (Lipinski definition) is 1. The number of carbonyl (C=O) groups excluding carboxylic acids is 1. The predicted octanol–water partition coefficient (Wildman–Crippen LogP) is 2.07. The predicted molar refractivity (Wildman–Crippen MR) is 71.8 cm³/mol. The quantitative estimate of drug-likeness (QED) is 0.911. The molecule has 1 fully saturated rings. The lowest BCUT2D eigenvalue weighted by molar-refractivity contribution is 0.0945. The van der Waals surface area contributed by atoms with Crippen LogP contribution < -0.4 is 5.32 Å². The van der Waals surface area contributed by atoms with Crippen LogP contribution in [0.2, 0.25) is 0 Å². The maximum Gasteiger partial charge on any atom is 0.271 e. The van der Waals surface area contributed by atoms with E-state index in [0.717, 1.165) is 6.42 Å². The van der Waals surface area contributed by atoms with E-state index in [0.29, 0.717) is 11.6 Å². The van der Waals surface area contributed by atoms with Crippen molar-refractivity contribution >= 4 is 5.91 Å². The van der Waals surface area contributed by atoms with Gasteiger partial charge in [-0.15, -0.1) is 0 Å². The highest BCUT2D eigenvalue weighted by atomic mass is 16.2. The minimum Gasteiger partial charge on any atom is -0.347 e. The normalized spacial score (nSPS) is 20.9. The van der Waals surface area contributed by atoms with Gasteiger partial charge in [0.05, 0.1) is 6.20 Å². The Bertz CT molecular complexity index is 580. The second kappa shape index (κ2) is 4.80. The Morgan fingerprint density at radius 1 is 1.26 bits per heavy atom. The summed E-state index contributed by atoms with van der Waals surface area (Å²) >= 11 is 0. The van der Waals surface area contributed by atoms with Crippen molar-refractivity contribution in [2.45, 2.75) is 25.3 Å². The molecule has 0 saturated heterocycles. The van der Waals surface area contributed by atoms with E-state index in [1.807, 2.05) is 0 Å². The Hall–Kier alpha value is -2.23. The summed E-state index contributed by atoms with van der Waals surface area (Å²) < 4.78 is 0. The van der Waals surface area contributed by atoms with Crippen molar-refractivity contribution in [2.75, 3.05) is 0 Å². The fourth-order valence-corrected chi connectivity index (χ4v) is 2.20. The first kappa shape index (κ1) is 11.8. The molecule has 1 N–H and O–H groups in total. The lowest BCUT2D eigenvalue weighted by Gasteiger charge is -2.04. The summed E-state index contributed by atoms with van der Waals surface area (Å²) in [6.45, 7) is 2.07. The average molecular weight is 253 g/mol. The number of benzene rings is 1. The van der Waals surface area contributed by atoms with Crippen LogP contribution in [0.5, 0.6) is 0 Å². The monoisotopic (exact) mass is 253 g/mol. The molecule has 1 aliphatic carbocycles. The molecule has 1 amide bonds. The number of nitrogens with one attached hydrogen (secondary N) is 1. The Kier molecular flexibility index (Phi) is 2.99. The molecule has 0 unspecified atom stereocenters. The zero-order valence-corrected chi connectivity index (χ0v) is 10.7. The maximum atomic E-state index is 11.9. The van der Waals surface area contributed by atoms with Crippen LogP contribution in [-0.4, -0.2) is 21.9 Å². The van der Waals surface area contributed by atoms with E-state index in [1.54, 1.807) is 6.20 Å². The minimum atomic E-state index is -0.146. The van der Waals surface area contributed by atoms with Gasteiger partial charge >= 0.3 is 0 Å². The van der Waals surface area contributed by atoms with Crippen molar-refractivity contribution in [1.82, 2.24) is 15.3 Å². The van der Waals surface area contributed by atoms with Crippen molar-refractivity contribution in [3.05, 3.63) is 59.7 Å². The highest BCUT2D eigenvalue weighted by Crippen LogP contribution is 2.40. The van der Waals surface area contributed by atoms with Crippen molar-refractivity contribution in [3.63, 3.8) is 0 Å². The van der Waals surface area contributed by atoms with E-state index < -0.39 is 0 Å². The van der Waals surface area contributed by atoms with Gasteiger partial charge in [0.25, 0.3) is 5.91 Å². The average Bonchev–Trinajstić information content (AvgIpc) is 3.20. The molecule has 1 heterocycles. The molecule has 4 nitrogen and oxygen atoms in total. The molecule has 0 radical (unpaired) electrons. The molecular formula is C15H15N3O. The summed E-state index contributed by atoms with van der Waals surface area (Å²) in [5.74, 6) is 0.286. The molecule has 3 rings (SSSR count). The van der Waals surface area contributed by atoms with Crippen molar-refractivity contribution < 1.29 is 4.79 Å². The van der Waals surface area contributed by atoms with E-state index in [-0.39, 0.29) is 11.9 Å². The van der Waals surface area contributed by atoms with Gasteiger partial charge < -0.3 is 5.32 Å². The molecule has 0 spiro atoms. The smallest absolute Gasteiger partial charge is 0.271 e. The number of rotatable bonds is 3. The van der Waals surface area contributed by atoms with Crippen LogP contribution in [0.1, 0.15) is 34.0 Å². The molecule has 96 valence electrons. The lowest BCUT2D eigenvalue weighted by Crippen LogP contribution is -2.27. The van der Waals surface area contributed by atoms with Crippen molar-refractivity contribution in [2.24, 2.45) is 0 Å². The third kappa shape index (κ3) is 2.62. The van der Waals surface area contributed by atoms with E-state index in [1.165, 1.54) is 23.5 Å². The van der Waals surface area contributed by atoms with E-state index in [9.17, 15) is 4.79 Å². The van der Waals surface area contributed by atoms with Crippen LogP contribution in [0.15, 0.2) is 42.9 Å². The topological polar surface area (TPSA) is 54.9 Å². The van der Waals surface area contributed by atoms with Gasteiger partial charge in [0.15, 0.2) is 0 Å². The summed E-state index contributed by atoms with van der Waals surface area (Å²) in [4.78, 5) is 19.8. The van der Waals surface area contributed by atoms with Gasteiger partial charge in [-0.2, -0.15) is 0 Å². The summed E-state index contributed by atoms with van der Waals surface area (Å²) in [5, 5.41) is 2.99. The molecule has 2 atom stereocenters. The standard InChI is InChI=1S/C15H15N3O/c1-10-2-4-11(5-3-10)12-8-13(12)18-15(19)14-9-16-6-7-17-14/h2-7,9,12-13H,8H2,1H3,(H,18,19)/t12-,13+/m0/s1. The highest BCUT2D eigenvalue weighted by molar-refractivity contribution is 5.92. The number of carbonyl (C=O) groups is 1. The number of amides is 1. The van der Waals surface area contributed by atoms with Crippen molar-refractivity contribution in [1.29, 1.82) is 0 Å². The molecular weight excluding hydrogens is 238 g/mol. The number of aryl methyl sites for hydroxylation is 1. The third-order valence-electron chi connectivity index (χ3n) is 3.41. The van der Waals surface area contributed by atoms with Gasteiger partial charge in [-0.3, -0.25) is 9.78 Å².